The van der Waals surface area contributed by atoms with Crippen molar-refractivity contribution < 1.29 is 9.59 Å². The van der Waals surface area contributed by atoms with Crippen LogP contribution < -0.4 is 10.9 Å². The van der Waals surface area contributed by atoms with Crippen LogP contribution in [0.2, 0.25) is 10.0 Å². The highest BCUT2D eigenvalue weighted by atomic mass is 35.5. The van der Waals surface area contributed by atoms with Gasteiger partial charge < -0.3 is 0 Å². The molecule has 3 rings (SSSR count). The molecule has 0 unspecified atom stereocenters. The molecule has 0 bridgehead atoms. The van der Waals surface area contributed by atoms with E-state index in [9.17, 15) is 9.59 Å². The predicted octanol–water partition coefficient (Wildman–Crippen LogP) is 3.73. The summed E-state index contributed by atoms with van der Waals surface area (Å²) in [5.41, 5.74) is 5.83. The zero-order valence-corrected chi connectivity index (χ0v) is 16.2. The lowest BCUT2D eigenvalue weighted by atomic mass is 10.2. The van der Waals surface area contributed by atoms with Crippen LogP contribution in [-0.2, 0) is 4.79 Å². The standard InChI is InChI=1S/C18H14Cl2N4O2S/c19-12-4-3-5-13(10-12)24-9-8-21-18(24)27-11-16(25)22-23-17(26)14-6-1-2-7-15(14)20/h1-10H,11H2,(H,22,25)(H,23,26). The molecule has 1 aromatic heterocycles. The van der Waals surface area contributed by atoms with Gasteiger partial charge in [-0.05, 0) is 30.3 Å². The summed E-state index contributed by atoms with van der Waals surface area (Å²) in [5, 5.41) is 1.55. The van der Waals surface area contributed by atoms with Gasteiger partial charge in [0.15, 0.2) is 5.16 Å². The number of nitrogens with one attached hydrogen (secondary N) is 2. The number of thioether (sulfide) groups is 1. The summed E-state index contributed by atoms with van der Waals surface area (Å²) in [6, 6.07) is 13.9. The van der Waals surface area contributed by atoms with Crippen molar-refractivity contribution in [3.63, 3.8) is 0 Å². The van der Waals surface area contributed by atoms with E-state index in [1.54, 1.807) is 48.8 Å². The zero-order valence-electron chi connectivity index (χ0n) is 13.9. The van der Waals surface area contributed by atoms with E-state index in [1.165, 1.54) is 11.8 Å². The van der Waals surface area contributed by atoms with E-state index in [0.29, 0.717) is 15.2 Å². The van der Waals surface area contributed by atoms with Gasteiger partial charge >= 0.3 is 0 Å². The Morgan fingerprint density at radius 3 is 2.67 bits per heavy atom. The Balaban J connectivity index is 1.55. The molecule has 0 radical (unpaired) electrons. The molecule has 2 amide bonds. The Morgan fingerprint density at radius 1 is 1.07 bits per heavy atom. The average molecular weight is 421 g/mol. The molecular weight excluding hydrogens is 407 g/mol. The van der Waals surface area contributed by atoms with Crippen LogP contribution in [0, 0.1) is 0 Å². The van der Waals surface area contributed by atoms with Gasteiger partial charge in [0, 0.05) is 23.1 Å². The number of carbonyl (C=O) groups excluding carboxylic acids is 2. The van der Waals surface area contributed by atoms with Crippen LogP contribution in [0.3, 0.4) is 0 Å². The minimum atomic E-state index is -0.487. The minimum absolute atomic E-state index is 0.0698. The Hall–Kier alpha value is -2.48. The highest BCUT2D eigenvalue weighted by Gasteiger charge is 2.12. The second-order valence-electron chi connectivity index (χ2n) is 5.33. The van der Waals surface area contributed by atoms with E-state index in [4.69, 9.17) is 23.2 Å². The lowest BCUT2D eigenvalue weighted by Crippen LogP contribution is -2.42. The highest BCUT2D eigenvalue weighted by molar-refractivity contribution is 7.99. The minimum Gasteiger partial charge on any atom is -0.295 e. The Kier molecular flexibility index (Phi) is 6.39. The molecule has 0 aliphatic rings. The summed E-state index contributed by atoms with van der Waals surface area (Å²) in [5.74, 6) is -0.791. The third-order valence-electron chi connectivity index (χ3n) is 3.46. The van der Waals surface area contributed by atoms with E-state index < -0.39 is 5.91 Å². The molecule has 138 valence electrons. The van der Waals surface area contributed by atoms with Crippen molar-refractivity contribution in [3.05, 3.63) is 76.5 Å². The van der Waals surface area contributed by atoms with E-state index in [1.807, 2.05) is 16.7 Å². The largest absolute Gasteiger partial charge is 0.295 e. The number of benzene rings is 2. The molecule has 0 saturated heterocycles. The van der Waals surface area contributed by atoms with E-state index in [2.05, 4.69) is 15.8 Å². The molecule has 3 aromatic rings. The van der Waals surface area contributed by atoms with Gasteiger partial charge in [-0.25, -0.2) is 4.98 Å². The van der Waals surface area contributed by atoms with Gasteiger partial charge in [0.2, 0.25) is 5.91 Å². The maximum absolute atomic E-state index is 12.0. The molecule has 2 N–H and O–H groups in total. The number of hydrogen-bond donors (Lipinski definition) is 2. The number of imidazole rings is 1. The maximum atomic E-state index is 12.0. The summed E-state index contributed by atoms with van der Waals surface area (Å²) in [7, 11) is 0. The van der Waals surface area contributed by atoms with Gasteiger partial charge in [0.05, 0.1) is 16.3 Å². The van der Waals surface area contributed by atoms with Crippen LogP contribution in [0.5, 0.6) is 0 Å². The van der Waals surface area contributed by atoms with Crippen molar-refractivity contribution in [1.82, 2.24) is 20.4 Å². The monoisotopic (exact) mass is 420 g/mol. The van der Waals surface area contributed by atoms with Gasteiger partial charge in [0.1, 0.15) is 0 Å². The normalized spacial score (nSPS) is 10.4. The molecule has 0 atom stereocenters. The van der Waals surface area contributed by atoms with Gasteiger partial charge in [-0.15, -0.1) is 0 Å². The van der Waals surface area contributed by atoms with Crippen LogP contribution in [0.15, 0.2) is 66.1 Å². The van der Waals surface area contributed by atoms with Crippen molar-refractivity contribution in [2.24, 2.45) is 0 Å². The second-order valence-corrected chi connectivity index (χ2v) is 7.12. The van der Waals surface area contributed by atoms with Crippen LogP contribution in [0.25, 0.3) is 5.69 Å². The molecule has 0 saturated carbocycles. The lowest BCUT2D eigenvalue weighted by Gasteiger charge is -2.09. The summed E-state index contributed by atoms with van der Waals surface area (Å²) < 4.78 is 1.83. The first-order chi connectivity index (χ1) is 13.0. The quantitative estimate of drug-likeness (QED) is 0.486. The van der Waals surface area contributed by atoms with E-state index >= 15 is 0 Å². The number of aromatic nitrogens is 2. The van der Waals surface area contributed by atoms with Crippen molar-refractivity contribution in [2.75, 3.05) is 5.75 Å². The first-order valence-corrected chi connectivity index (χ1v) is 9.54. The Labute approximate surface area is 169 Å². The number of carbonyl (C=O) groups is 2. The van der Waals surface area contributed by atoms with E-state index in [0.717, 1.165) is 5.69 Å². The average Bonchev–Trinajstić information content (AvgIpc) is 3.13. The van der Waals surface area contributed by atoms with Gasteiger partial charge in [-0.2, -0.15) is 0 Å². The molecule has 0 aliphatic heterocycles. The molecule has 6 nitrogen and oxygen atoms in total. The zero-order chi connectivity index (χ0) is 19.2. The second kappa shape index (κ2) is 8.94. The van der Waals surface area contributed by atoms with Gasteiger partial charge in [-0.1, -0.05) is 53.2 Å². The topological polar surface area (TPSA) is 76.0 Å². The van der Waals surface area contributed by atoms with Crippen molar-refractivity contribution in [3.8, 4) is 5.69 Å². The fourth-order valence-electron chi connectivity index (χ4n) is 2.22. The molecule has 0 fully saturated rings. The van der Waals surface area contributed by atoms with Crippen molar-refractivity contribution in [2.45, 2.75) is 5.16 Å². The summed E-state index contributed by atoms with van der Waals surface area (Å²) in [4.78, 5) is 28.3. The molecule has 0 aliphatic carbocycles. The number of nitrogens with zero attached hydrogens (tertiary/aromatic N) is 2. The molecule has 2 aromatic carbocycles. The molecule has 1 heterocycles. The highest BCUT2D eigenvalue weighted by Crippen LogP contribution is 2.22. The Morgan fingerprint density at radius 2 is 1.89 bits per heavy atom. The SMILES string of the molecule is O=C(CSc1nccn1-c1cccc(Cl)c1)NNC(=O)c1ccccc1Cl. The first-order valence-electron chi connectivity index (χ1n) is 7.80. The molecular formula is C18H14Cl2N4O2S. The summed E-state index contributed by atoms with van der Waals surface area (Å²) in [6.07, 6.45) is 3.42. The fraction of sp³-hybridized carbons (Fsp3) is 0.0556. The first kappa shape index (κ1) is 19.3. The molecule has 0 spiro atoms. The van der Waals surface area contributed by atoms with Crippen molar-refractivity contribution >= 4 is 46.8 Å². The molecule has 9 heteroatoms. The number of hydrazine groups is 1. The number of halogens is 2. The maximum Gasteiger partial charge on any atom is 0.271 e. The van der Waals surface area contributed by atoms with E-state index in [-0.39, 0.29) is 17.2 Å². The van der Waals surface area contributed by atoms with Crippen LogP contribution >= 0.6 is 35.0 Å². The fourth-order valence-corrected chi connectivity index (χ4v) is 3.40. The summed E-state index contributed by atoms with van der Waals surface area (Å²) in [6.45, 7) is 0. The number of hydrogen-bond acceptors (Lipinski definition) is 4. The number of amides is 2. The van der Waals surface area contributed by atoms with Gasteiger partial charge in [-0.3, -0.25) is 25.0 Å². The van der Waals surface area contributed by atoms with Crippen molar-refractivity contribution in [1.29, 1.82) is 0 Å². The molecule has 27 heavy (non-hydrogen) atoms. The lowest BCUT2D eigenvalue weighted by molar-refractivity contribution is -0.119. The third-order valence-corrected chi connectivity index (χ3v) is 4.99. The smallest absolute Gasteiger partial charge is 0.271 e. The Bertz CT molecular complexity index is 977. The van der Waals surface area contributed by atoms with Crippen LogP contribution in [0.1, 0.15) is 10.4 Å². The predicted molar refractivity (Wildman–Crippen MR) is 106 cm³/mol. The third kappa shape index (κ3) is 5.03. The van der Waals surface area contributed by atoms with Crippen LogP contribution in [0.4, 0.5) is 0 Å². The summed E-state index contributed by atoms with van der Waals surface area (Å²) >= 11 is 13.2. The number of rotatable bonds is 5. The van der Waals surface area contributed by atoms with Crippen LogP contribution in [-0.4, -0.2) is 27.1 Å². The van der Waals surface area contributed by atoms with Gasteiger partial charge in [0.25, 0.3) is 5.91 Å².